The molecule has 1 fully saturated rings. The lowest BCUT2D eigenvalue weighted by molar-refractivity contribution is -0.135. The molecule has 1 N–H and O–H groups in total. The zero-order valence-electron chi connectivity index (χ0n) is 15.4. The van der Waals surface area contributed by atoms with Crippen LogP contribution >= 0.6 is 0 Å². The molecule has 0 unspecified atom stereocenters. The fourth-order valence-electron chi connectivity index (χ4n) is 4.33. The maximum absolute atomic E-state index is 13.3. The van der Waals surface area contributed by atoms with Gasteiger partial charge in [-0.05, 0) is 42.5 Å². The smallest absolute Gasteiger partial charge is 0.230 e. The summed E-state index contributed by atoms with van der Waals surface area (Å²) < 4.78 is 0. The second-order valence-corrected chi connectivity index (χ2v) is 7.45. The molecular formula is C22H25N3O2. The summed E-state index contributed by atoms with van der Waals surface area (Å²) in [6.45, 7) is 1.18. The summed E-state index contributed by atoms with van der Waals surface area (Å²) in [4.78, 5) is 32.1. The average molecular weight is 363 g/mol. The first kappa shape index (κ1) is 17.7. The van der Waals surface area contributed by atoms with Crippen molar-refractivity contribution in [3.8, 4) is 0 Å². The van der Waals surface area contributed by atoms with E-state index in [9.17, 15) is 9.59 Å². The highest BCUT2D eigenvalue weighted by Gasteiger charge is 2.39. The van der Waals surface area contributed by atoms with E-state index in [2.05, 4.69) is 16.4 Å². The molecule has 4 rings (SSSR count). The van der Waals surface area contributed by atoms with E-state index in [1.54, 1.807) is 12.4 Å². The van der Waals surface area contributed by atoms with E-state index >= 15 is 0 Å². The molecule has 1 aromatic heterocycles. The van der Waals surface area contributed by atoms with E-state index in [0.717, 1.165) is 49.9 Å². The van der Waals surface area contributed by atoms with Crippen molar-refractivity contribution in [2.75, 3.05) is 11.4 Å². The highest BCUT2D eigenvalue weighted by molar-refractivity contribution is 5.99. The van der Waals surface area contributed by atoms with Crippen molar-refractivity contribution in [1.82, 2.24) is 10.3 Å². The van der Waals surface area contributed by atoms with Crippen LogP contribution in [0.3, 0.4) is 0 Å². The number of amides is 2. The summed E-state index contributed by atoms with van der Waals surface area (Å²) in [6, 6.07) is 11.9. The van der Waals surface area contributed by atoms with Crippen LogP contribution in [0.1, 0.15) is 36.8 Å². The van der Waals surface area contributed by atoms with Crippen molar-refractivity contribution in [2.24, 2.45) is 11.8 Å². The SMILES string of the molecule is O=C(NCc1cccnc1)[C@H]1CCCC[C@H]1C(=O)N1CCc2ccccc21. The van der Waals surface area contributed by atoms with Crippen molar-refractivity contribution >= 4 is 17.5 Å². The standard InChI is InChI=1S/C22H25N3O2/c26-21(24-15-16-6-5-12-23-14-16)18-8-2-3-9-19(18)22(27)25-13-11-17-7-1-4-10-20(17)25/h1,4-7,10,12,14,18-19H,2-3,8-9,11,13,15H2,(H,24,26)/t18-,19+/m0/s1. The fraction of sp³-hybridized carbons (Fsp3) is 0.409. The van der Waals surface area contributed by atoms with E-state index in [-0.39, 0.29) is 23.7 Å². The number of nitrogens with zero attached hydrogens (tertiary/aromatic N) is 2. The molecule has 2 atom stereocenters. The maximum Gasteiger partial charge on any atom is 0.230 e. The summed E-state index contributed by atoms with van der Waals surface area (Å²) in [7, 11) is 0. The molecular weight excluding hydrogens is 338 g/mol. The molecule has 2 amide bonds. The number of carbonyl (C=O) groups excluding carboxylic acids is 2. The van der Waals surface area contributed by atoms with Crippen LogP contribution in [0.2, 0.25) is 0 Å². The Balaban J connectivity index is 1.46. The van der Waals surface area contributed by atoms with E-state index in [0.29, 0.717) is 6.54 Å². The average Bonchev–Trinajstić information content (AvgIpc) is 3.16. The first-order chi connectivity index (χ1) is 13.2. The van der Waals surface area contributed by atoms with E-state index in [1.807, 2.05) is 35.2 Å². The minimum absolute atomic E-state index is 0.00983. The number of benzene rings is 1. The Morgan fingerprint density at radius 2 is 1.89 bits per heavy atom. The largest absolute Gasteiger partial charge is 0.352 e. The van der Waals surface area contributed by atoms with Gasteiger partial charge in [-0.2, -0.15) is 0 Å². The summed E-state index contributed by atoms with van der Waals surface area (Å²) in [5.74, 6) is -0.361. The van der Waals surface area contributed by atoms with Crippen LogP contribution in [0.25, 0.3) is 0 Å². The van der Waals surface area contributed by atoms with Crippen molar-refractivity contribution < 1.29 is 9.59 Å². The fourth-order valence-corrected chi connectivity index (χ4v) is 4.33. The van der Waals surface area contributed by atoms with Crippen LogP contribution in [0.5, 0.6) is 0 Å². The van der Waals surface area contributed by atoms with Crippen LogP contribution < -0.4 is 10.2 Å². The zero-order valence-corrected chi connectivity index (χ0v) is 15.4. The van der Waals surface area contributed by atoms with Gasteiger partial charge in [-0.1, -0.05) is 37.1 Å². The lowest BCUT2D eigenvalue weighted by Gasteiger charge is -2.32. The normalized spacial score (nSPS) is 21.6. The van der Waals surface area contributed by atoms with E-state index < -0.39 is 0 Å². The highest BCUT2D eigenvalue weighted by atomic mass is 16.2. The number of pyridine rings is 1. The molecule has 1 aliphatic carbocycles. The number of hydrogen-bond acceptors (Lipinski definition) is 3. The van der Waals surface area contributed by atoms with Gasteiger partial charge in [-0.15, -0.1) is 0 Å². The highest BCUT2D eigenvalue weighted by Crippen LogP contribution is 2.35. The lowest BCUT2D eigenvalue weighted by Crippen LogP contribution is -2.45. The second-order valence-electron chi connectivity index (χ2n) is 7.45. The Morgan fingerprint density at radius 3 is 2.70 bits per heavy atom. The first-order valence-corrected chi connectivity index (χ1v) is 9.80. The quantitative estimate of drug-likeness (QED) is 0.908. The minimum atomic E-state index is -0.240. The molecule has 0 saturated heterocycles. The Hall–Kier alpha value is -2.69. The summed E-state index contributed by atoms with van der Waals surface area (Å²) in [5.41, 5.74) is 3.21. The molecule has 0 spiro atoms. The minimum Gasteiger partial charge on any atom is -0.352 e. The zero-order chi connectivity index (χ0) is 18.6. The van der Waals surface area contributed by atoms with Crippen molar-refractivity contribution in [3.05, 3.63) is 59.9 Å². The molecule has 1 aliphatic heterocycles. The topological polar surface area (TPSA) is 62.3 Å². The molecule has 27 heavy (non-hydrogen) atoms. The Kier molecular flexibility index (Phi) is 5.19. The van der Waals surface area contributed by atoms with Crippen molar-refractivity contribution in [2.45, 2.75) is 38.6 Å². The van der Waals surface area contributed by atoms with Gasteiger partial charge in [0.2, 0.25) is 11.8 Å². The van der Waals surface area contributed by atoms with Crippen LogP contribution in [-0.2, 0) is 22.6 Å². The molecule has 2 aliphatic rings. The number of hydrogen-bond donors (Lipinski definition) is 1. The first-order valence-electron chi connectivity index (χ1n) is 9.80. The second kappa shape index (κ2) is 7.91. The monoisotopic (exact) mass is 363 g/mol. The van der Waals surface area contributed by atoms with Crippen molar-refractivity contribution in [3.63, 3.8) is 0 Å². The third kappa shape index (κ3) is 3.72. The number of carbonyl (C=O) groups is 2. The van der Waals surface area contributed by atoms with Gasteiger partial charge in [0.25, 0.3) is 0 Å². The number of fused-ring (bicyclic) bond motifs is 1. The Bertz CT molecular complexity index is 821. The van der Waals surface area contributed by atoms with E-state index in [1.165, 1.54) is 5.56 Å². The molecule has 0 radical (unpaired) electrons. The van der Waals surface area contributed by atoms with Gasteiger partial charge in [0.1, 0.15) is 0 Å². The molecule has 5 heteroatoms. The third-order valence-electron chi connectivity index (χ3n) is 5.76. The number of anilines is 1. The predicted octanol–water partition coefficient (Wildman–Crippen LogP) is 3.09. The number of nitrogens with one attached hydrogen (secondary N) is 1. The van der Waals surface area contributed by atoms with Gasteiger partial charge in [0.15, 0.2) is 0 Å². The van der Waals surface area contributed by atoms with Crippen LogP contribution in [0.15, 0.2) is 48.8 Å². The van der Waals surface area contributed by atoms with Crippen LogP contribution in [0, 0.1) is 11.8 Å². The molecule has 2 heterocycles. The summed E-state index contributed by atoms with van der Waals surface area (Å²) >= 11 is 0. The number of rotatable bonds is 4. The van der Waals surface area contributed by atoms with Gasteiger partial charge in [0, 0.05) is 37.1 Å². The molecule has 0 bridgehead atoms. The summed E-state index contributed by atoms with van der Waals surface area (Å²) in [5, 5.41) is 3.01. The van der Waals surface area contributed by atoms with Crippen LogP contribution in [-0.4, -0.2) is 23.3 Å². The number of para-hydroxylation sites is 1. The molecule has 5 nitrogen and oxygen atoms in total. The molecule has 140 valence electrons. The number of aromatic nitrogens is 1. The summed E-state index contributed by atoms with van der Waals surface area (Å²) in [6.07, 6.45) is 7.96. The van der Waals surface area contributed by atoms with Gasteiger partial charge < -0.3 is 10.2 Å². The third-order valence-corrected chi connectivity index (χ3v) is 5.76. The molecule has 1 saturated carbocycles. The van der Waals surface area contributed by atoms with Gasteiger partial charge in [0.05, 0.1) is 5.92 Å². The molecule has 2 aromatic rings. The van der Waals surface area contributed by atoms with Gasteiger partial charge in [-0.25, -0.2) is 0 Å². The maximum atomic E-state index is 13.3. The lowest BCUT2D eigenvalue weighted by atomic mass is 9.77. The van der Waals surface area contributed by atoms with Gasteiger partial charge >= 0.3 is 0 Å². The predicted molar refractivity (Wildman–Crippen MR) is 104 cm³/mol. The molecule has 1 aromatic carbocycles. The van der Waals surface area contributed by atoms with Gasteiger partial charge in [-0.3, -0.25) is 14.6 Å². The Morgan fingerprint density at radius 1 is 1.07 bits per heavy atom. The van der Waals surface area contributed by atoms with Crippen molar-refractivity contribution in [1.29, 1.82) is 0 Å². The van der Waals surface area contributed by atoms with E-state index in [4.69, 9.17) is 0 Å². The Labute approximate surface area is 159 Å². The van der Waals surface area contributed by atoms with Crippen LogP contribution in [0.4, 0.5) is 5.69 Å².